The van der Waals surface area contributed by atoms with Gasteiger partial charge in [0.05, 0.1) is 0 Å². The molecular weight excluding hydrogens is 266 g/mol. The Morgan fingerprint density at radius 3 is 1.38 bits per heavy atom. The van der Waals surface area contributed by atoms with E-state index in [9.17, 15) is 0 Å². The molecular formula is C15H30B2O4. The van der Waals surface area contributed by atoms with E-state index >= 15 is 0 Å². The van der Waals surface area contributed by atoms with E-state index in [0.717, 1.165) is 32.8 Å². The van der Waals surface area contributed by atoms with E-state index in [4.69, 9.17) is 18.6 Å². The van der Waals surface area contributed by atoms with Crippen molar-refractivity contribution in [1.82, 2.24) is 0 Å². The van der Waals surface area contributed by atoms with Crippen LogP contribution < -0.4 is 0 Å². The van der Waals surface area contributed by atoms with Crippen LogP contribution in [0.25, 0.3) is 0 Å². The van der Waals surface area contributed by atoms with Crippen LogP contribution >= 0.6 is 0 Å². The van der Waals surface area contributed by atoms with Gasteiger partial charge in [-0.3, -0.25) is 0 Å². The van der Waals surface area contributed by atoms with Gasteiger partial charge in [-0.05, 0) is 5.92 Å². The number of hydrogen-bond acceptors (Lipinski definition) is 4. The first-order chi connectivity index (χ1) is 9.69. The minimum Gasteiger partial charge on any atom is -0.411 e. The molecule has 0 unspecified atom stereocenters. The van der Waals surface area contributed by atoms with Gasteiger partial charge in [0.2, 0.25) is 0 Å². The maximum atomic E-state index is 5.98. The predicted molar refractivity (Wildman–Crippen MR) is 86.1 cm³/mol. The van der Waals surface area contributed by atoms with Crippen LogP contribution in [0.3, 0.4) is 0 Å². The lowest BCUT2D eigenvalue weighted by molar-refractivity contribution is 0.00955. The lowest BCUT2D eigenvalue weighted by atomic mass is 9.48. The van der Waals surface area contributed by atoms with Gasteiger partial charge in [0.15, 0.2) is 0 Å². The molecule has 0 amide bonds. The second-order valence-corrected chi connectivity index (χ2v) is 8.60. The molecule has 0 radical (unpaired) electrons. The highest BCUT2D eigenvalue weighted by Crippen LogP contribution is 2.35. The number of rotatable bonds is 4. The first-order valence-electron chi connectivity index (χ1n) is 8.15. The van der Waals surface area contributed by atoms with Crippen LogP contribution in [0.4, 0.5) is 0 Å². The highest BCUT2D eigenvalue weighted by Gasteiger charge is 2.48. The van der Waals surface area contributed by atoms with Gasteiger partial charge in [-0.1, -0.05) is 48.0 Å². The van der Waals surface area contributed by atoms with Gasteiger partial charge in [-0.15, -0.1) is 0 Å². The minimum absolute atomic E-state index is 0.0924. The van der Waals surface area contributed by atoms with Crippen molar-refractivity contribution in [3.05, 3.63) is 0 Å². The Labute approximate surface area is 130 Å². The molecule has 0 atom stereocenters. The summed E-state index contributed by atoms with van der Waals surface area (Å²) in [6.07, 6.45) is 0.982. The molecule has 0 aromatic carbocycles. The summed E-state index contributed by atoms with van der Waals surface area (Å²) in [5, 5.41) is 0. The van der Waals surface area contributed by atoms with Crippen LogP contribution in [0.15, 0.2) is 0 Å². The zero-order valence-corrected chi connectivity index (χ0v) is 14.5. The molecule has 0 bridgehead atoms. The van der Waals surface area contributed by atoms with Gasteiger partial charge in [0.25, 0.3) is 0 Å². The molecule has 4 nitrogen and oxygen atoms in total. The Morgan fingerprint density at radius 2 is 1.10 bits per heavy atom. The molecule has 2 saturated heterocycles. The zero-order chi connectivity index (χ0) is 15.7. The molecule has 2 aliphatic heterocycles. The van der Waals surface area contributed by atoms with Gasteiger partial charge >= 0.3 is 14.2 Å². The fourth-order valence-corrected chi connectivity index (χ4v) is 2.80. The van der Waals surface area contributed by atoms with E-state index in [1.807, 2.05) is 0 Å². The Morgan fingerprint density at radius 1 is 0.762 bits per heavy atom. The largest absolute Gasteiger partial charge is 0.457 e. The van der Waals surface area contributed by atoms with Crippen LogP contribution in [0.1, 0.15) is 48.0 Å². The first kappa shape index (κ1) is 17.3. The van der Waals surface area contributed by atoms with Crippen LogP contribution in [-0.4, -0.2) is 40.7 Å². The molecule has 0 aliphatic carbocycles. The Bertz CT molecular complexity index is 299. The van der Waals surface area contributed by atoms with Crippen LogP contribution in [0.2, 0.25) is 5.72 Å². The van der Waals surface area contributed by atoms with Gasteiger partial charge in [-0.2, -0.15) is 0 Å². The Kier molecular flexibility index (Phi) is 5.45. The third-order valence-corrected chi connectivity index (χ3v) is 4.00. The molecule has 0 aromatic heterocycles. The minimum atomic E-state index is -0.216. The SMILES string of the molecule is CC(C)CC(B1OCC(C)(C)CO1)B1OCC(C)(C)CO1. The van der Waals surface area contributed by atoms with Gasteiger partial charge in [-0.25, -0.2) is 0 Å². The van der Waals surface area contributed by atoms with Crippen LogP contribution in [0, 0.1) is 16.7 Å². The summed E-state index contributed by atoms with van der Waals surface area (Å²) in [6.45, 7) is 16.0. The van der Waals surface area contributed by atoms with Gasteiger partial charge < -0.3 is 18.6 Å². The average Bonchev–Trinajstić information content (AvgIpc) is 2.36. The summed E-state index contributed by atoms with van der Waals surface area (Å²) in [5.74, 6) is 0.555. The second-order valence-electron chi connectivity index (χ2n) is 8.60. The normalized spacial score (nSPS) is 25.7. The Hall–Kier alpha value is -0.0301. The molecule has 2 heterocycles. The summed E-state index contributed by atoms with van der Waals surface area (Å²) in [7, 11) is -0.432. The summed E-state index contributed by atoms with van der Waals surface area (Å²) in [4.78, 5) is 0. The standard InChI is InChI=1S/C15H30B2O4/c1-12(2)7-13(16-18-8-14(3,4)9-19-16)17-20-10-15(5,6)11-21-17/h12-13H,7-11H2,1-6H3. The third-order valence-electron chi connectivity index (χ3n) is 4.00. The molecule has 6 heteroatoms. The molecule has 21 heavy (non-hydrogen) atoms. The van der Waals surface area contributed by atoms with Crippen molar-refractivity contribution in [2.45, 2.75) is 53.7 Å². The van der Waals surface area contributed by atoms with Crippen molar-refractivity contribution in [1.29, 1.82) is 0 Å². The first-order valence-corrected chi connectivity index (χ1v) is 8.15. The van der Waals surface area contributed by atoms with Crippen molar-refractivity contribution in [2.75, 3.05) is 26.4 Å². The molecule has 2 aliphatic rings. The van der Waals surface area contributed by atoms with Gasteiger partial charge in [0.1, 0.15) is 0 Å². The fourth-order valence-electron chi connectivity index (χ4n) is 2.80. The molecule has 0 saturated carbocycles. The van der Waals surface area contributed by atoms with E-state index in [-0.39, 0.29) is 30.8 Å². The van der Waals surface area contributed by atoms with Crippen LogP contribution in [-0.2, 0) is 18.6 Å². The van der Waals surface area contributed by atoms with Crippen molar-refractivity contribution in [2.24, 2.45) is 16.7 Å². The number of hydrogen-bond donors (Lipinski definition) is 0. The quantitative estimate of drug-likeness (QED) is 0.747. The molecule has 2 rings (SSSR count). The second kappa shape index (κ2) is 6.61. The van der Waals surface area contributed by atoms with E-state index in [0.29, 0.717) is 5.92 Å². The summed E-state index contributed by atoms with van der Waals surface area (Å²) < 4.78 is 23.9. The highest BCUT2D eigenvalue weighted by molar-refractivity contribution is 6.67. The zero-order valence-electron chi connectivity index (χ0n) is 14.5. The molecule has 2 fully saturated rings. The van der Waals surface area contributed by atoms with Crippen molar-refractivity contribution in [3.8, 4) is 0 Å². The molecule has 0 aromatic rings. The summed E-state index contributed by atoms with van der Waals surface area (Å²) in [5.41, 5.74) is 0.321. The van der Waals surface area contributed by atoms with Crippen molar-refractivity contribution >= 4 is 14.2 Å². The molecule has 0 N–H and O–H groups in total. The predicted octanol–water partition coefficient (Wildman–Crippen LogP) is 3.06. The fraction of sp³-hybridized carbons (Fsp3) is 1.00. The van der Waals surface area contributed by atoms with E-state index in [1.165, 1.54) is 0 Å². The lowest BCUT2D eigenvalue weighted by Crippen LogP contribution is -2.52. The smallest absolute Gasteiger partial charge is 0.411 e. The van der Waals surface area contributed by atoms with Crippen molar-refractivity contribution in [3.63, 3.8) is 0 Å². The Balaban J connectivity index is 1.98. The van der Waals surface area contributed by atoms with E-state index in [1.54, 1.807) is 0 Å². The maximum Gasteiger partial charge on any atom is 0.457 e. The molecule has 120 valence electrons. The van der Waals surface area contributed by atoms with Crippen molar-refractivity contribution < 1.29 is 18.6 Å². The topological polar surface area (TPSA) is 36.9 Å². The van der Waals surface area contributed by atoms with Crippen LogP contribution in [0.5, 0.6) is 0 Å². The lowest BCUT2D eigenvalue weighted by Gasteiger charge is -2.40. The average molecular weight is 296 g/mol. The molecule has 0 spiro atoms. The van der Waals surface area contributed by atoms with Gasteiger partial charge in [0, 0.05) is 43.0 Å². The monoisotopic (exact) mass is 296 g/mol. The summed E-state index contributed by atoms with van der Waals surface area (Å²) >= 11 is 0. The third kappa shape index (κ3) is 4.98. The van der Waals surface area contributed by atoms with E-state index in [2.05, 4.69) is 41.5 Å². The van der Waals surface area contributed by atoms with E-state index < -0.39 is 0 Å². The summed E-state index contributed by atoms with van der Waals surface area (Å²) in [6, 6.07) is 0. The maximum absolute atomic E-state index is 5.98. The highest BCUT2D eigenvalue weighted by atomic mass is 16.6.